The summed E-state index contributed by atoms with van der Waals surface area (Å²) in [5, 5.41) is 10.8. The number of aldehydes is 1. The number of aromatic nitrogens is 1. The molecule has 1 unspecified atom stereocenters. The molecule has 2 aromatic rings. The third-order valence-corrected chi connectivity index (χ3v) is 7.47. The zero-order chi connectivity index (χ0) is 24.1. The first-order chi connectivity index (χ1) is 16.5. The number of aliphatic hydroxyl groups is 1. The highest BCUT2D eigenvalue weighted by molar-refractivity contribution is 6.31. The Kier molecular flexibility index (Phi) is 8.06. The van der Waals surface area contributed by atoms with E-state index in [9.17, 15) is 14.7 Å². The maximum absolute atomic E-state index is 12.8. The molecule has 182 valence electrons. The normalized spacial score (nSPS) is 18.6. The molecule has 2 fully saturated rings. The van der Waals surface area contributed by atoms with Gasteiger partial charge < -0.3 is 19.6 Å². The summed E-state index contributed by atoms with van der Waals surface area (Å²) in [5.41, 5.74) is 0.982. The van der Waals surface area contributed by atoms with Crippen LogP contribution in [0.25, 0.3) is 0 Å². The number of carbonyl (C=O) groups is 2. The zero-order valence-electron chi connectivity index (χ0n) is 19.5. The van der Waals surface area contributed by atoms with E-state index in [4.69, 9.17) is 16.3 Å². The van der Waals surface area contributed by atoms with Crippen molar-refractivity contribution in [2.24, 2.45) is 11.8 Å². The average Bonchev–Trinajstić information content (AvgIpc) is 2.88. The van der Waals surface area contributed by atoms with Gasteiger partial charge in [-0.05, 0) is 73.8 Å². The van der Waals surface area contributed by atoms with Crippen molar-refractivity contribution in [3.63, 3.8) is 0 Å². The number of ether oxygens (including phenoxy) is 1. The Morgan fingerprint density at radius 3 is 2.44 bits per heavy atom. The van der Waals surface area contributed by atoms with Crippen LogP contribution in [0.2, 0.25) is 5.15 Å². The van der Waals surface area contributed by atoms with Gasteiger partial charge in [0.05, 0.1) is 12.7 Å². The number of pyridine rings is 1. The van der Waals surface area contributed by atoms with E-state index >= 15 is 0 Å². The lowest BCUT2D eigenvalue weighted by atomic mass is 9.82. The van der Waals surface area contributed by atoms with Gasteiger partial charge in [0.2, 0.25) is 0 Å². The second kappa shape index (κ2) is 11.2. The number of hydrogen-bond acceptors (Lipinski definition) is 6. The lowest BCUT2D eigenvalue weighted by molar-refractivity contribution is -0.142. The number of anilines is 1. The molecule has 1 aromatic carbocycles. The molecule has 2 saturated heterocycles. The molecule has 4 rings (SSSR count). The molecule has 1 aromatic heterocycles. The second-order valence-corrected chi connectivity index (χ2v) is 9.64. The number of amides is 1. The summed E-state index contributed by atoms with van der Waals surface area (Å²) >= 11 is 6.09. The van der Waals surface area contributed by atoms with E-state index in [0.29, 0.717) is 41.8 Å². The lowest BCUT2D eigenvalue weighted by Crippen LogP contribution is -2.42. The van der Waals surface area contributed by atoms with Crippen LogP contribution in [0.5, 0.6) is 5.75 Å². The van der Waals surface area contributed by atoms with Crippen molar-refractivity contribution >= 4 is 29.6 Å². The predicted octanol–water partition coefficient (Wildman–Crippen LogP) is 4.13. The first-order valence-electron chi connectivity index (χ1n) is 12.0. The van der Waals surface area contributed by atoms with Gasteiger partial charge in [0.25, 0.3) is 5.91 Å². The highest BCUT2D eigenvalue weighted by Gasteiger charge is 2.30. The molecule has 0 saturated carbocycles. The molecule has 0 bridgehead atoms. The second-order valence-electron chi connectivity index (χ2n) is 9.28. The number of nitrogens with zero attached hydrogens (tertiary/aromatic N) is 3. The van der Waals surface area contributed by atoms with Crippen LogP contribution in [0.3, 0.4) is 0 Å². The Labute approximate surface area is 205 Å². The zero-order valence-corrected chi connectivity index (χ0v) is 20.3. The van der Waals surface area contributed by atoms with Crippen LogP contribution in [0, 0.1) is 11.8 Å². The lowest BCUT2D eigenvalue weighted by Gasteiger charge is -2.37. The van der Waals surface area contributed by atoms with Crippen molar-refractivity contribution < 1.29 is 19.4 Å². The van der Waals surface area contributed by atoms with E-state index in [2.05, 4.69) is 9.88 Å². The van der Waals surface area contributed by atoms with Crippen molar-refractivity contribution in [1.82, 2.24) is 9.88 Å². The number of piperidine rings is 2. The molecule has 1 N–H and O–H groups in total. The fourth-order valence-corrected chi connectivity index (χ4v) is 5.28. The number of benzene rings is 1. The van der Waals surface area contributed by atoms with Crippen LogP contribution in [0.15, 0.2) is 36.4 Å². The van der Waals surface area contributed by atoms with Crippen LogP contribution in [0.4, 0.5) is 5.82 Å². The molecule has 7 nitrogen and oxygen atoms in total. The van der Waals surface area contributed by atoms with Crippen LogP contribution >= 0.6 is 11.6 Å². The van der Waals surface area contributed by atoms with Crippen LogP contribution in [-0.4, -0.2) is 60.5 Å². The molecular weight excluding hydrogens is 454 g/mol. The maximum atomic E-state index is 12.8. The summed E-state index contributed by atoms with van der Waals surface area (Å²) < 4.78 is 5.20. The highest BCUT2D eigenvalue weighted by Crippen LogP contribution is 2.32. The van der Waals surface area contributed by atoms with Crippen molar-refractivity contribution in [3.05, 3.63) is 52.7 Å². The molecule has 34 heavy (non-hydrogen) atoms. The standard InChI is InChI=1S/C26H32ClN3O4/c1-34-22-4-2-3-20(16-22)24(32)26(33)30-13-9-19(10-14-30)15-18-7-11-29(12-8-18)23-6-5-21(17-31)25(27)28-23/h2-6,16-19,24,32H,7-15H2,1H3. The van der Waals surface area contributed by atoms with E-state index in [-0.39, 0.29) is 11.1 Å². The van der Waals surface area contributed by atoms with Gasteiger partial charge in [-0.15, -0.1) is 0 Å². The number of methoxy groups -OCH3 is 1. The Morgan fingerprint density at radius 1 is 1.15 bits per heavy atom. The molecule has 1 atom stereocenters. The summed E-state index contributed by atoms with van der Waals surface area (Å²) in [6.45, 7) is 3.24. The summed E-state index contributed by atoms with van der Waals surface area (Å²) in [7, 11) is 1.57. The molecule has 0 radical (unpaired) electrons. The third kappa shape index (κ3) is 5.70. The van der Waals surface area contributed by atoms with Crippen molar-refractivity contribution in [3.8, 4) is 5.75 Å². The smallest absolute Gasteiger partial charge is 0.256 e. The van der Waals surface area contributed by atoms with Crippen LogP contribution in [-0.2, 0) is 4.79 Å². The first-order valence-corrected chi connectivity index (χ1v) is 12.3. The van der Waals surface area contributed by atoms with E-state index in [0.717, 1.165) is 50.9 Å². The number of halogens is 1. The first kappa shape index (κ1) is 24.5. The van der Waals surface area contributed by atoms with Gasteiger partial charge in [0.1, 0.15) is 16.7 Å². The SMILES string of the molecule is COc1cccc(C(O)C(=O)N2CCC(CC3CCN(c4ccc(C=O)c(Cl)n4)CC3)CC2)c1. The minimum absolute atomic E-state index is 0.230. The number of aliphatic hydroxyl groups excluding tert-OH is 1. The minimum atomic E-state index is -1.15. The molecule has 0 spiro atoms. The third-order valence-electron chi connectivity index (χ3n) is 7.16. The average molecular weight is 486 g/mol. The number of rotatable bonds is 7. The molecule has 3 heterocycles. The summed E-state index contributed by atoms with van der Waals surface area (Å²) in [6.07, 6.45) is 4.89. The van der Waals surface area contributed by atoms with E-state index in [1.807, 2.05) is 6.07 Å². The van der Waals surface area contributed by atoms with Crippen molar-refractivity contribution in [2.45, 2.75) is 38.2 Å². The molecule has 2 aliphatic rings. The van der Waals surface area contributed by atoms with Crippen molar-refractivity contribution in [1.29, 1.82) is 0 Å². The van der Waals surface area contributed by atoms with E-state index < -0.39 is 6.10 Å². The molecule has 0 aliphatic carbocycles. The van der Waals surface area contributed by atoms with Crippen molar-refractivity contribution in [2.75, 3.05) is 38.2 Å². The Balaban J connectivity index is 1.23. The van der Waals surface area contributed by atoms with Crippen LogP contribution < -0.4 is 9.64 Å². The summed E-state index contributed by atoms with van der Waals surface area (Å²) in [4.78, 5) is 32.2. The van der Waals surface area contributed by atoms with Gasteiger partial charge in [-0.25, -0.2) is 4.98 Å². The maximum Gasteiger partial charge on any atom is 0.256 e. The topological polar surface area (TPSA) is 83.0 Å². The monoisotopic (exact) mass is 485 g/mol. The van der Waals surface area contributed by atoms with E-state index in [1.165, 1.54) is 6.42 Å². The summed E-state index contributed by atoms with van der Waals surface area (Å²) in [6, 6.07) is 10.6. The van der Waals surface area contributed by atoms with Gasteiger partial charge in [-0.3, -0.25) is 9.59 Å². The number of likely N-dealkylation sites (tertiary alicyclic amines) is 1. The largest absolute Gasteiger partial charge is 0.497 e. The Morgan fingerprint density at radius 2 is 1.82 bits per heavy atom. The fraction of sp³-hybridized carbons (Fsp3) is 0.500. The number of carbonyl (C=O) groups excluding carboxylic acids is 2. The Bertz CT molecular complexity index is 1000. The Hall–Kier alpha value is -2.64. The van der Waals surface area contributed by atoms with Gasteiger partial charge >= 0.3 is 0 Å². The quantitative estimate of drug-likeness (QED) is 0.469. The van der Waals surface area contributed by atoms with Gasteiger partial charge in [-0.2, -0.15) is 0 Å². The fourth-order valence-electron chi connectivity index (χ4n) is 5.08. The molecular formula is C26H32ClN3O4. The van der Waals surface area contributed by atoms with Gasteiger partial charge in [-0.1, -0.05) is 23.7 Å². The molecule has 8 heteroatoms. The predicted molar refractivity (Wildman–Crippen MR) is 131 cm³/mol. The highest BCUT2D eigenvalue weighted by atomic mass is 35.5. The minimum Gasteiger partial charge on any atom is -0.497 e. The molecule has 2 aliphatic heterocycles. The van der Waals surface area contributed by atoms with E-state index in [1.54, 1.807) is 42.3 Å². The van der Waals surface area contributed by atoms with Crippen LogP contribution in [0.1, 0.15) is 54.1 Å². The summed E-state index contributed by atoms with van der Waals surface area (Å²) in [5.74, 6) is 2.50. The number of hydrogen-bond donors (Lipinski definition) is 1. The molecule has 1 amide bonds. The van der Waals surface area contributed by atoms with Gasteiger partial charge in [0, 0.05) is 26.2 Å². The van der Waals surface area contributed by atoms with Gasteiger partial charge in [0.15, 0.2) is 12.4 Å².